The Morgan fingerprint density at radius 3 is 2.35 bits per heavy atom. The molecule has 0 spiro atoms. The van der Waals surface area contributed by atoms with Crippen molar-refractivity contribution in [3.05, 3.63) is 47.7 Å². The number of aromatic nitrogens is 2. The average Bonchev–Trinajstić information content (AvgIpc) is 3.27. The lowest BCUT2D eigenvalue weighted by molar-refractivity contribution is 0.0972. The van der Waals surface area contributed by atoms with Gasteiger partial charge in [0.25, 0.3) is 0 Å². The minimum Gasteiger partial charge on any atom is -0.424 e. The summed E-state index contributed by atoms with van der Waals surface area (Å²) in [6.07, 6.45) is 2.38. The maximum absolute atomic E-state index is 5.89. The summed E-state index contributed by atoms with van der Waals surface area (Å²) >= 11 is 0. The van der Waals surface area contributed by atoms with Gasteiger partial charge in [-0.25, -0.2) is 0 Å². The molecule has 1 unspecified atom stereocenters. The number of hydrogen-bond acceptors (Lipinski definition) is 4. The predicted octanol–water partition coefficient (Wildman–Crippen LogP) is 4.55. The lowest BCUT2D eigenvalue weighted by Gasteiger charge is -2.37. The zero-order valence-electron chi connectivity index (χ0n) is 14.6. The summed E-state index contributed by atoms with van der Waals surface area (Å²) in [5, 5.41) is 8.50. The van der Waals surface area contributed by atoms with Crippen LogP contribution in [0.3, 0.4) is 0 Å². The van der Waals surface area contributed by atoms with Crippen LogP contribution in [0.15, 0.2) is 34.7 Å². The predicted molar refractivity (Wildman–Crippen MR) is 91.0 cm³/mol. The molecule has 0 aliphatic heterocycles. The SMILES string of the molecule is CC(C)C(c1ccccc1)N(Cc1nnc(C2CC2)o1)C(C)C. The van der Waals surface area contributed by atoms with E-state index in [-0.39, 0.29) is 0 Å². The first-order valence-electron chi connectivity index (χ1n) is 8.69. The summed E-state index contributed by atoms with van der Waals surface area (Å²) in [5.74, 6) is 2.58. The van der Waals surface area contributed by atoms with E-state index in [0.29, 0.717) is 30.5 Å². The number of hydrogen-bond donors (Lipinski definition) is 0. The van der Waals surface area contributed by atoms with Crippen LogP contribution in [0.5, 0.6) is 0 Å². The van der Waals surface area contributed by atoms with E-state index in [9.17, 15) is 0 Å². The van der Waals surface area contributed by atoms with E-state index in [1.165, 1.54) is 18.4 Å². The van der Waals surface area contributed by atoms with E-state index in [1.807, 2.05) is 0 Å². The highest BCUT2D eigenvalue weighted by molar-refractivity contribution is 5.20. The maximum Gasteiger partial charge on any atom is 0.230 e. The molecule has 4 heteroatoms. The van der Waals surface area contributed by atoms with Crippen LogP contribution in [0.1, 0.15) is 69.8 Å². The van der Waals surface area contributed by atoms with Crippen LogP contribution in [0.25, 0.3) is 0 Å². The van der Waals surface area contributed by atoms with Gasteiger partial charge in [0.1, 0.15) is 0 Å². The monoisotopic (exact) mass is 313 g/mol. The van der Waals surface area contributed by atoms with Gasteiger partial charge in [-0.15, -0.1) is 10.2 Å². The Hall–Kier alpha value is -1.68. The molecule has 1 aliphatic rings. The zero-order valence-corrected chi connectivity index (χ0v) is 14.6. The van der Waals surface area contributed by atoms with E-state index >= 15 is 0 Å². The Bertz CT molecular complexity index is 617. The van der Waals surface area contributed by atoms with Crippen molar-refractivity contribution in [1.29, 1.82) is 0 Å². The van der Waals surface area contributed by atoms with Crippen molar-refractivity contribution >= 4 is 0 Å². The van der Waals surface area contributed by atoms with Crippen LogP contribution < -0.4 is 0 Å². The van der Waals surface area contributed by atoms with Crippen LogP contribution in [0.4, 0.5) is 0 Å². The highest BCUT2D eigenvalue weighted by atomic mass is 16.4. The first-order chi connectivity index (χ1) is 11.1. The fourth-order valence-electron chi connectivity index (χ4n) is 3.19. The molecule has 1 aromatic heterocycles. The Balaban J connectivity index is 1.82. The van der Waals surface area contributed by atoms with E-state index < -0.39 is 0 Å². The molecule has 3 rings (SSSR count). The standard InChI is InChI=1S/C19H27N3O/c1-13(2)18(15-8-6-5-7-9-15)22(14(3)4)12-17-20-21-19(23-17)16-10-11-16/h5-9,13-14,16,18H,10-12H2,1-4H3. The van der Waals surface area contributed by atoms with E-state index in [0.717, 1.165) is 11.8 Å². The van der Waals surface area contributed by atoms with Gasteiger partial charge in [0, 0.05) is 18.0 Å². The molecule has 4 nitrogen and oxygen atoms in total. The fourth-order valence-corrected chi connectivity index (χ4v) is 3.19. The molecular formula is C19H27N3O. The van der Waals surface area contributed by atoms with Gasteiger partial charge in [0.15, 0.2) is 0 Å². The van der Waals surface area contributed by atoms with Crippen LogP contribution in [0, 0.1) is 5.92 Å². The molecular weight excluding hydrogens is 286 g/mol. The molecule has 0 saturated heterocycles. The smallest absolute Gasteiger partial charge is 0.230 e. The minimum absolute atomic E-state index is 0.340. The molecule has 1 atom stereocenters. The van der Waals surface area contributed by atoms with Crippen LogP contribution in [0.2, 0.25) is 0 Å². The van der Waals surface area contributed by atoms with Crippen molar-refractivity contribution in [3.8, 4) is 0 Å². The second kappa shape index (κ2) is 6.83. The molecule has 2 aromatic rings. The molecule has 1 saturated carbocycles. The van der Waals surface area contributed by atoms with Crippen molar-refractivity contribution < 1.29 is 4.42 Å². The Labute approximate surface area is 138 Å². The number of benzene rings is 1. The third-order valence-corrected chi connectivity index (χ3v) is 4.52. The van der Waals surface area contributed by atoms with Gasteiger partial charge in [0.05, 0.1) is 6.54 Å². The quantitative estimate of drug-likeness (QED) is 0.752. The third-order valence-electron chi connectivity index (χ3n) is 4.52. The van der Waals surface area contributed by atoms with Gasteiger partial charge in [-0.3, -0.25) is 4.90 Å². The van der Waals surface area contributed by atoms with Crippen molar-refractivity contribution in [2.45, 2.75) is 65.1 Å². The van der Waals surface area contributed by atoms with Gasteiger partial charge in [-0.05, 0) is 38.2 Å². The molecule has 1 aromatic carbocycles. The van der Waals surface area contributed by atoms with Crippen molar-refractivity contribution in [1.82, 2.24) is 15.1 Å². The lowest BCUT2D eigenvalue weighted by Crippen LogP contribution is -2.37. The summed E-state index contributed by atoms with van der Waals surface area (Å²) < 4.78 is 5.89. The van der Waals surface area contributed by atoms with Gasteiger partial charge in [-0.1, -0.05) is 44.2 Å². The molecule has 1 aliphatic carbocycles. The van der Waals surface area contributed by atoms with Crippen LogP contribution in [-0.2, 0) is 6.54 Å². The third kappa shape index (κ3) is 3.81. The van der Waals surface area contributed by atoms with E-state index in [2.05, 4.69) is 73.1 Å². The van der Waals surface area contributed by atoms with Gasteiger partial charge in [-0.2, -0.15) is 0 Å². The molecule has 124 valence electrons. The second-order valence-electron chi connectivity index (χ2n) is 7.17. The number of nitrogens with zero attached hydrogens (tertiary/aromatic N) is 3. The topological polar surface area (TPSA) is 42.2 Å². The highest BCUT2D eigenvalue weighted by Crippen LogP contribution is 2.39. The summed E-state index contributed by atoms with van der Waals surface area (Å²) in [4.78, 5) is 2.46. The molecule has 1 fully saturated rings. The Kier molecular flexibility index (Phi) is 4.81. The Morgan fingerprint density at radius 2 is 1.78 bits per heavy atom. The molecule has 1 heterocycles. The van der Waals surface area contributed by atoms with Crippen molar-refractivity contribution in [2.24, 2.45) is 5.92 Å². The first kappa shape index (κ1) is 16.2. The molecule has 0 N–H and O–H groups in total. The summed E-state index contributed by atoms with van der Waals surface area (Å²) in [6.45, 7) is 9.72. The average molecular weight is 313 g/mol. The zero-order chi connectivity index (χ0) is 16.4. The Morgan fingerprint density at radius 1 is 1.09 bits per heavy atom. The van der Waals surface area contributed by atoms with Crippen molar-refractivity contribution in [3.63, 3.8) is 0 Å². The molecule has 23 heavy (non-hydrogen) atoms. The largest absolute Gasteiger partial charge is 0.424 e. The molecule has 0 bridgehead atoms. The van der Waals surface area contributed by atoms with Crippen molar-refractivity contribution in [2.75, 3.05) is 0 Å². The maximum atomic E-state index is 5.89. The second-order valence-corrected chi connectivity index (χ2v) is 7.17. The van der Waals surface area contributed by atoms with Crippen LogP contribution >= 0.6 is 0 Å². The van der Waals surface area contributed by atoms with Gasteiger partial charge in [0.2, 0.25) is 11.8 Å². The minimum atomic E-state index is 0.340. The summed E-state index contributed by atoms with van der Waals surface area (Å²) in [5.41, 5.74) is 1.35. The lowest BCUT2D eigenvalue weighted by atomic mass is 9.93. The fraction of sp³-hybridized carbons (Fsp3) is 0.579. The first-order valence-corrected chi connectivity index (χ1v) is 8.69. The summed E-state index contributed by atoms with van der Waals surface area (Å²) in [7, 11) is 0. The molecule has 0 amide bonds. The summed E-state index contributed by atoms with van der Waals surface area (Å²) in [6, 6.07) is 11.5. The number of rotatable bonds is 7. The van der Waals surface area contributed by atoms with Gasteiger partial charge < -0.3 is 4.42 Å². The van der Waals surface area contributed by atoms with E-state index in [4.69, 9.17) is 4.42 Å². The van der Waals surface area contributed by atoms with Crippen LogP contribution in [-0.4, -0.2) is 21.1 Å². The van der Waals surface area contributed by atoms with E-state index in [1.54, 1.807) is 0 Å². The normalized spacial score (nSPS) is 16.5. The highest BCUT2D eigenvalue weighted by Gasteiger charge is 2.31. The molecule has 0 radical (unpaired) electrons. The van der Waals surface area contributed by atoms with Gasteiger partial charge >= 0.3 is 0 Å².